The first-order valence-electron chi connectivity index (χ1n) is 6.23. The lowest BCUT2D eigenvalue weighted by Gasteiger charge is -2.23. The molecule has 0 fully saturated rings. The second-order valence-electron chi connectivity index (χ2n) is 4.28. The molecule has 0 aromatic rings. The normalized spacial score (nSPS) is 18.4. The minimum Gasteiger partial charge on any atom is -0.443 e. The number of alkyl carbamates (subject to hydrolysis) is 1. The van der Waals surface area contributed by atoms with Crippen LogP contribution in [-0.4, -0.2) is 30.0 Å². The maximum Gasteiger partial charge on any atom is 0.407 e. The van der Waals surface area contributed by atoms with Crippen molar-refractivity contribution < 1.29 is 14.6 Å². The van der Waals surface area contributed by atoms with Gasteiger partial charge in [-0.2, -0.15) is 0 Å². The summed E-state index contributed by atoms with van der Waals surface area (Å²) in [5.74, 6) is 0. The van der Waals surface area contributed by atoms with Crippen LogP contribution in [0.4, 0.5) is 4.79 Å². The van der Waals surface area contributed by atoms with Gasteiger partial charge >= 0.3 is 6.09 Å². The van der Waals surface area contributed by atoms with Crippen LogP contribution in [0, 0.1) is 0 Å². The van der Waals surface area contributed by atoms with Gasteiger partial charge in [0.2, 0.25) is 0 Å². The summed E-state index contributed by atoms with van der Waals surface area (Å²) in [5.41, 5.74) is 0.638. The van der Waals surface area contributed by atoms with Crippen molar-refractivity contribution in [3.8, 4) is 0 Å². The van der Waals surface area contributed by atoms with E-state index < -0.39 is 18.3 Å². The fourth-order valence-corrected chi connectivity index (χ4v) is 1.95. The maximum atomic E-state index is 11.4. The molecule has 0 heterocycles. The zero-order valence-electron chi connectivity index (χ0n) is 10.8. The number of rotatable bonds is 5. The molecule has 2 atom stereocenters. The number of aliphatic hydroxyl groups excluding tert-OH is 1. The molecule has 2 N–H and O–H groups in total. The molecule has 1 aliphatic rings. The Hall–Kier alpha value is -1.00. The van der Waals surface area contributed by atoms with Gasteiger partial charge in [-0.05, 0) is 31.8 Å². The summed E-state index contributed by atoms with van der Waals surface area (Å²) in [6.45, 7) is 4.16. The summed E-state index contributed by atoms with van der Waals surface area (Å²) < 4.78 is 5.09. The Kier molecular flexibility index (Phi) is 6.22. The Labute approximate surface area is 113 Å². The average Bonchev–Trinajstić information content (AvgIpc) is 2.36. The van der Waals surface area contributed by atoms with Crippen LogP contribution in [0.25, 0.3) is 0 Å². The van der Waals surface area contributed by atoms with Gasteiger partial charge < -0.3 is 15.2 Å². The molecule has 0 radical (unpaired) electrons. The zero-order valence-corrected chi connectivity index (χ0v) is 11.5. The minimum absolute atomic E-state index is 0.514. The van der Waals surface area contributed by atoms with Gasteiger partial charge in [-0.3, -0.25) is 0 Å². The summed E-state index contributed by atoms with van der Waals surface area (Å²) in [6.07, 6.45) is 4.15. The quantitative estimate of drug-likeness (QED) is 0.810. The highest BCUT2D eigenvalue weighted by molar-refractivity contribution is 6.30. The molecule has 2 unspecified atom stereocenters. The van der Waals surface area contributed by atoms with Gasteiger partial charge in [0.15, 0.2) is 0 Å². The monoisotopic (exact) mass is 273 g/mol. The topological polar surface area (TPSA) is 58.6 Å². The molecule has 102 valence electrons. The Bertz CT molecular complexity index is 352. The van der Waals surface area contributed by atoms with E-state index in [-0.39, 0.29) is 0 Å². The lowest BCUT2D eigenvalue weighted by Crippen LogP contribution is -2.35. The van der Waals surface area contributed by atoms with Gasteiger partial charge in [0.25, 0.3) is 0 Å². The largest absolute Gasteiger partial charge is 0.443 e. The number of aliphatic hydroxyl groups is 1. The molecule has 0 aliphatic heterocycles. The molecule has 0 saturated heterocycles. The number of halogens is 1. The van der Waals surface area contributed by atoms with Crippen molar-refractivity contribution in [3.05, 3.63) is 22.8 Å². The van der Waals surface area contributed by atoms with Crippen molar-refractivity contribution >= 4 is 17.7 Å². The first-order valence-corrected chi connectivity index (χ1v) is 6.61. The molecule has 1 aliphatic carbocycles. The number of hydrogen-bond acceptors (Lipinski definition) is 3. The van der Waals surface area contributed by atoms with Crippen LogP contribution in [0.1, 0.15) is 33.1 Å². The fraction of sp³-hybridized carbons (Fsp3) is 0.615. The Morgan fingerprint density at radius 1 is 1.67 bits per heavy atom. The third-order valence-electron chi connectivity index (χ3n) is 2.72. The molecule has 0 saturated carbocycles. The molecule has 4 nitrogen and oxygen atoms in total. The molecule has 0 aromatic carbocycles. The fourth-order valence-electron chi connectivity index (χ4n) is 1.67. The minimum atomic E-state index is -0.888. The van der Waals surface area contributed by atoms with Crippen LogP contribution in [-0.2, 0) is 4.74 Å². The van der Waals surface area contributed by atoms with Crippen molar-refractivity contribution in [2.24, 2.45) is 0 Å². The van der Waals surface area contributed by atoms with Crippen LogP contribution in [0.2, 0.25) is 0 Å². The van der Waals surface area contributed by atoms with E-state index in [4.69, 9.17) is 16.3 Å². The van der Waals surface area contributed by atoms with Crippen molar-refractivity contribution in [1.29, 1.82) is 0 Å². The second-order valence-corrected chi connectivity index (χ2v) is 4.74. The number of hydrogen-bond donors (Lipinski definition) is 2. The molecule has 5 heteroatoms. The first-order chi connectivity index (χ1) is 8.56. The van der Waals surface area contributed by atoms with E-state index in [9.17, 15) is 9.90 Å². The number of ether oxygens (including phenoxy) is 1. The molecule has 0 aromatic heterocycles. The third kappa shape index (κ3) is 4.35. The molecular formula is C13H20ClNO3. The van der Waals surface area contributed by atoms with E-state index in [1.807, 2.05) is 13.0 Å². The van der Waals surface area contributed by atoms with Crippen molar-refractivity contribution in [2.45, 2.75) is 45.3 Å². The number of carbonyl (C=O) groups excluding carboxylic acids is 1. The predicted molar refractivity (Wildman–Crippen MR) is 71.5 cm³/mol. The maximum absolute atomic E-state index is 11.4. The van der Waals surface area contributed by atoms with E-state index in [1.165, 1.54) is 0 Å². The van der Waals surface area contributed by atoms with Crippen LogP contribution in [0.15, 0.2) is 22.8 Å². The summed E-state index contributed by atoms with van der Waals surface area (Å²) in [5, 5.41) is 13.3. The summed E-state index contributed by atoms with van der Waals surface area (Å²) >= 11 is 6.05. The van der Waals surface area contributed by atoms with Gasteiger partial charge in [0.05, 0.1) is 0 Å². The molecular weight excluding hydrogens is 254 g/mol. The summed E-state index contributed by atoms with van der Waals surface area (Å²) in [7, 11) is 0. The average molecular weight is 274 g/mol. The van der Waals surface area contributed by atoms with Crippen molar-refractivity contribution in [3.63, 3.8) is 0 Å². The number of nitrogens with one attached hydrogen (secondary N) is 1. The van der Waals surface area contributed by atoms with Crippen LogP contribution >= 0.6 is 11.6 Å². The zero-order chi connectivity index (χ0) is 13.5. The molecule has 1 rings (SSSR count). The highest BCUT2D eigenvalue weighted by atomic mass is 35.5. The van der Waals surface area contributed by atoms with E-state index in [2.05, 4.69) is 5.32 Å². The number of amides is 1. The highest BCUT2D eigenvalue weighted by Gasteiger charge is 2.24. The molecule has 0 bridgehead atoms. The summed E-state index contributed by atoms with van der Waals surface area (Å²) in [4.78, 5) is 11.4. The Balaban J connectivity index is 2.53. The highest BCUT2D eigenvalue weighted by Crippen LogP contribution is 2.26. The molecule has 1 amide bonds. The number of allylic oxidation sites excluding steroid dienone is 2. The first kappa shape index (κ1) is 15.1. The van der Waals surface area contributed by atoms with Gasteiger partial charge in [-0.15, -0.1) is 0 Å². The van der Waals surface area contributed by atoms with Gasteiger partial charge in [-0.1, -0.05) is 30.7 Å². The van der Waals surface area contributed by atoms with Gasteiger partial charge in [-0.25, -0.2) is 4.79 Å². The van der Waals surface area contributed by atoms with E-state index in [0.29, 0.717) is 17.2 Å². The summed E-state index contributed by atoms with van der Waals surface area (Å²) in [6, 6.07) is 0. The smallest absolute Gasteiger partial charge is 0.407 e. The standard InChI is InChI=1S/C13H20ClNO3/c1-3-8-15-13(17)18-9(2)12(16)10-6-4-5-7-11(10)14/h4,6,9,12,16H,3,5,7-8H2,1-2H3,(H,15,17). The Morgan fingerprint density at radius 2 is 2.39 bits per heavy atom. The van der Waals surface area contributed by atoms with Gasteiger partial charge in [0.1, 0.15) is 12.2 Å². The van der Waals surface area contributed by atoms with Crippen LogP contribution in [0.5, 0.6) is 0 Å². The van der Waals surface area contributed by atoms with Crippen LogP contribution in [0.3, 0.4) is 0 Å². The van der Waals surface area contributed by atoms with E-state index in [0.717, 1.165) is 19.3 Å². The second kappa shape index (κ2) is 7.44. The number of carbonyl (C=O) groups is 1. The third-order valence-corrected chi connectivity index (χ3v) is 3.12. The van der Waals surface area contributed by atoms with Crippen molar-refractivity contribution in [2.75, 3.05) is 6.54 Å². The van der Waals surface area contributed by atoms with Crippen LogP contribution < -0.4 is 5.32 Å². The molecule has 0 spiro atoms. The van der Waals surface area contributed by atoms with Gasteiger partial charge in [0, 0.05) is 11.6 Å². The van der Waals surface area contributed by atoms with E-state index in [1.54, 1.807) is 13.0 Å². The lowest BCUT2D eigenvalue weighted by molar-refractivity contribution is 0.0319. The van der Waals surface area contributed by atoms with E-state index >= 15 is 0 Å². The lowest BCUT2D eigenvalue weighted by atomic mass is 9.99. The Morgan fingerprint density at radius 3 is 3.00 bits per heavy atom. The molecule has 18 heavy (non-hydrogen) atoms. The predicted octanol–water partition coefficient (Wildman–Crippen LogP) is 2.71. The SMILES string of the molecule is CCCNC(=O)OC(C)C(O)C1=C(Cl)CCC=C1. The van der Waals surface area contributed by atoms with Crippen molar-refractivity contribution in [1.82, 2.24) is 5.32 Å².